The second-order valence-corrected chi connectivity index (χ2v) is 2.57. The molecular formula is C9H10F3N. The molecule has 1 aromatic rings. The molecule has 1 rings (SSSR count). The van der Waals surface area contributed by atoms with E-state index < -0.39 is 18.3 Å². The molecule has 0 spiro atoms. The number of hydrogen-bond donors (Lipinski definition) is 1. The summed E-state index contributed by atoms with van der Waals surface area (Å²) in [4.78, 5) is 0. The van der Waals surface area contributed by atoms with Gasteiger partial charge in [-0.25, -0.2) is 13.2 Å². The van der Waals surface area contributed by atoms with Crippen LogP contribution < -0.4 is 5.32 Å². The number of nitrogens with one attached hydrogen (secondary N) is 1. The number of hydrogen-bond acceptors (Lipinski definition) is 1. The van der Waals surface area contributed by atoms with E-state index in [0.717, 1.165) is 0 Å². The molecule has 0 saturated heterocycles. The lowest BCUT2D eigenvalue weighted by Crippen LogP contribution is -2.17. The van der Waals surface area contributed by atoms with Crippen molar-refractivity contribution in [3.05, 3.63) is 35.4 Å². The first kappa shape index (κ1) is 10.1. The fourth-order valence-corrected chi connectivity index (χ4v) is 0.981. The molecule has 0 aliphatic carbocycles. The van der Waals surface area contributed by atoms with Gasteiger partial charge < -0.3 is 5.32 Å². The first-order valence-electron chi connectivity index (χ1n) is 3.95. The van der Waals surface area contributed by atoms with Crippen molar-refractivity contribution in [1.82, 2.24) is 5.32 Å². The van der Waals surface area contributed by atoms with Crippen molar-refractivity contribution in [2.45, 2.75) is 6.54 Å². The van der Waals surface area contributed by atoms with E-state index in [0.29, 0.717) is 0 Å². The minimum absolute atomic E-state index is 0.0163. The second kappa shape index (κ2) is 4.87. The maximum absolute atomic E-state index is 12.9. The Morgan fingerprint density at radius 1 is 1.15 bits per heavy atom. The highest BCUT2D eigenvalue weighted by Gasteiger charge is 2.06. The lowest BCUT2D eigenvalue weighted by molar-refractivity contribution is 0.458. The summed E-state index contributed by atoms with van der Waals surface area (Å²) in [6, 6.07) is 3.65. The van der Waals surface area contributed by atoms with Crippen LogP contribution in [0.5, 0.6) is 0 Å². The molecular weight excluding hydrogens is 179 g/mol. The summed E-state index contributed by atoms with van der Waals surface area (Å²) < 4.78 is 37.5. The zero-order valence-corrected chi connectivity index (χ0v) is 6.99. The van der Waals surface area contributed by atoms with Gasteiger partial charge in [-0.05, 0) is 12.1 Å². The molecule has 0 amide bonds. The normalized spacial score (nSPS) is 10.4. The molecule has 0 atom stereocenters. The number of benzene rings is 1. The summed E-state index contributed by atoms with van der Waals surface area (Å²) in [6.45, 7) is -0.424. The second-order valence-electron chi connectivity index (χ2n) is 2.57. The van der Waals surface area contributed by atoms with Crippen LogP contribution >= 0.6 is 0 Å². The summed E-state index contributed by atoms with van der Waals surface area (Å²) in [6.07, 6.45) is 0. The summed E-state index contributed by atoms with van der Waals surface area (Å²) in [5.41, 5.74) is -0.0454. The minimum Gasteiger partial charge on any atom is -0.310 e. The van der Waals surface area contributed by atoms with E-state index >= 15 is 0 Å². The van der Waals surface area contributed by atoms with Crippen LogP contribution in [0.2, 0.25) is 0 Å². The molecule has 0 saturated carbocycles. The smallest absolute Gasteiger partial charge is 0.130 e. The summed E-state index contributed by atoms with van der Waals surface area (Å²) >= 11 is 0. The van der Waals surface area contributed by atoms with Gasteiger partial charge in [0.05, 0.1) is 0 Å². The monoisotopic (exact) mass is 189 g/mol. The van der Waals surface area contributed by atoms with Crippen LogP contribution in [0, 0.1) is 11.6 Å². The Morgan fingerprint density at radius 3 is 2.31 bits per heavy atom. The SMILES string of the molecule is FCCNCc1c(F)cccc1F. The van der Waals surface area contributed by atoms with E-state index in [1.165, 1.54) is 18.2 Å². The summed E-state index contributed by atoms with van der Waals surface area (Å²) in [7, 11) is 0. The topological polar surface area (TPSA) is 12.0 Å². The van der Waals surface area contributed by atoms with Crippen molar-refractivity contribution in [2.24, 2.45) is 0 Å². The largest absolute Gasteiger partial charge is 0.310 e. The Hall–Kier alpha value is -1.03. The van der Waals surface area contributed by atoms with Gasteiger partial charge in [0.1, 0.15) is 18.3 Å². The Morgan fingerprint density at radius 2 is 1.77 bits per heavy atom. The molecule has 0 aromatic heterocycles. The Balaban J connectivity index is 2.64. The van der Waals surface area contributed by atoms with Crippen molar-refractivity contribution >= 4 is 0 Å². The van der Waals surface area contributed by atoms with Gasteiger partial charge in [-0.3, -0.25) is 0 Å². The highest BCUT2D eigenvalue weighted by molar-refractivity contribution is 5.19. The average molecular weight is 189 g/mol. The first-order chi connectivity index (χ1) is 6.25. The molecule has 1 N–H and O–H groups in total. The quantitative estimate of drug-likeness (QED) is 0.714. The van der Waals surface area contributed by atoms with Crippen molar-refractivity contribution in [3.63, 3.8) is 0 Å². The van der Waals surface area contributed by atoms with Gasteiger partial charge in [0.25, 0.3) is 0 Å². The van der Waals surface area contributed by atoms with Gasteiger partial charge in [-0.2, -0.15) is 0 Å². The van der Waals surface area contributed by atoms with Crippen molar-refractivity contribution in [2.75, 3.05) is 13.2 Å². The van der Waals surface area contributed by atoms with Crippen LogP contribution in [0.15, 0.2) is 18.2 Å². The summed E-state index contributed by atoms with van der Waals surface area (Å²) in [5, 5.41) is 2.58. The lowest BCUT2D eigenvalue weighted by Gasteiger charge is -2.04. The predicted octanol–water partition coefficient (Wildman–Crippen LogP) is 2.02. The molecule has 0 aliphatic rings. The van der Waals surface area contributed by atoms with Gasteiger partial charge in [-0.15, -0.1) is 0 Å². The predicted molar refractivity (Wildman–Crippen MR) is 44.0 cm³/mol. The number of rotatable bonds is 4. The van der Waals surface area contributed by atoms with Gasteiger partial charge in [0.2, 0.25) is 0 Å². The van der Waals surface area contributed by atoms with Crippen LogP contribution in [-0.4, -0.2) is 13.2 Å². The van der Waals surface area contributed by atoms with Crippen molar-refractivity contribution < 1.29 is 13.2 Å². The van der Waals surface area contributed by atoms with E-state index in [-0.39, 0.29) is 18.7 Å². The van der Waals surface area contributed by atoms with E-state index in [4.69, 9.17) is 0 Å². The van der Waals surface area contributed by atoms with Crippen LogP contribution in [0.4, 0.5) is 13.2 Å². The average Bonchev–Trinajstić information content (AvgIpc) is 2.10. The third kappa shape index (κ3) is 2.73. The molecule has 72 valence electrons. The molecule has 0 heterocycles. The first-order valence-corrected chi connectivity index (χ1v) is 3.95. The van der Waals surface area contributed by atoms with Crippen molar-refractivity contribution in [1.29, 1.82) is 0 Å². The fourth-order valence-electron chi connectivity index (χ4n) is 0.981. The Bertz CT molecular complexity index is 255. The van der Waals surface area contributed by atoms with Gasteiger partial charge >= 0.3 is 0 Å². The Labute approximate surface area is 74.6 Å². The third-order valence-electron chi connectivity index (χ3n) is 1.63. The number of halogens is 3. The molecule has 4 heteroatoms. The van der Waals surface area contributed by atoms with Crippen LogP contribution in [-0.2, 0) is 6.54 Å². The molecule has 0 aliphatic heterocycles. The van der Waals surface area contributed by atoms with Crippen LogP contribution in [0.1, 0.15) is 5.56 Å². The van der Waals surface area contributed by atoms with E-state index in [9.17, 15) is 13.2 Å². The highest BCUT2D eigenvalue weighted by atomic mass is 19.1. The van der Waals surface area contributed by atoms with Gasteiger partial charge in [-0.1, -0.05) is 6.07 Å². The zero-order chi connectivity index (χ0) is 9.68. The molecule has 0 bridgehead atoms. The molecule has 0 fully saturated rings. The number of alkyl halides is 1. The van der Waals surface area contributed by atoms with Gasteiger partial charge in [0.15, 0.2) is 0 Å². The van der Waals surface area contributed by atoms with Crippen molar-refractivity contribution in [3.8, 4) is 0 Å². The fraction of sp³-hybridized carbons (Fsp3) is 0.333. The van der Waals surface area contributed by atoms with E-state index in [1.54, 1.807) is 0 Å². The zero-order valence-electron chi connectivity index (χ0n) is 6.99. The van der Waals surface area contributed by atoms with E-state index in [1.807, 2.05) is 0 Å². The Kier molecular flexibility index (Phi) is 3.76. The van der Waals surface area contributed by atoms with Crippen LogP contribution in [0.25, 0.3) is 0 Å². The molecule has 0 radical (unpaired) electrons. The standard InChI is InChI=1S/C9H10F3N/c10-4-5-13-6-7-8(11)2-1-3-9(7)12/h1-3,13H,4-6H2. The van der Waals surface area contributed by atoms with E-state index in [2.05, 4.69) is 5.32 Å². The third-order valence-corrected chi connectivity index (χ3v) is 1.63. The lowest BCUT2D eigenvalue weighted by atomic mass is 10.2. The highest BCUT2D eigenvalue weighted by Crippen LogP contribution is 2.10. The molecule has 1 nitrogen and oxygen atoms in total. The van der Waals surface area contributed by atoms with Gasteiger partial charge in [0, 0.05) is 18.7 Å². The summed E-state index contributed by atoms with van der Waals surface area (Å²) in [5.74, 6) is -1.21. The molecule has 1 aromatic carbocycles. The van der Waals surface area contributed by atoms with Crippen LogP contribution in [0.3, 0.4) is 0 Å². The maximum atomic E-state index is 12.9. The molecule has 0 unspecified atom stereocenters. The molecule has 13 heavy (non-hydrogen) atoms. The minimum atomic E-state index is -0.605. The maximum Gasteiger partial charge on any atom is 0.130 e.